The van der Waals surface area contributed by atoms with Gasteiger partial charge >= 0.3 is 0 Å². The van der Waals surface area contributed by atoms with Crippen molar-refractivity contribution in [3.63, 3.8) is 0 Å². The van der Waals surface area contributed by atoms with Crippen molar-refractivity contribution in [2.45, 2.75) is 6.92 Å². The Morgan fingerprint density at radius 3 is 1.93 bits per heavy atom. The van der Waals surface area contributed by atoms with Gasteiger partial charge in [0.25, 0.3) is 0 Å². The summed E-state index contributed by atoms with van der Waals surface area (Å²) in [5, 5.41) is 0. The Balaban J connectivity index is 2.16. The first-order valence-corrected chi connectivity index (χ1v) is 4.81. The first-order valence-electron chi connectivity index (χ1n) is 4.81. The van der Waals surface area contributed by atoms with E-state index in [9.17, 15) is 0 Å². The average Bonchev–Trinajstić information content (AvgIpc) is 2.23. The van der Waals surface area contributed by atoms with Gasteiger partial charge in [0, 0.05) is 0 Å². The lowest BCUT2D eigenvalue weighted by molar-refractivity contribution is 1.49. The summed E-state index contributed by atoms with van der Waals surface area (Å²) >= 11 is 0. The fourth-order valence-corrected chi connectivity index (χ4v) is 1.40. The number of hydrogen-bond acceptors (Lipinski definition) is 0. The van der Waals surface area contributed by atoms with Gasteiger partial charge in [-0.3, -0.25) is 0 Å². The van der Waals surface area contributed by atoms with Crippen molar-refractivity contribution in [3.8, 4) is 0 Å². The molecule has 1 heteroatoms. The normalized spacial score (nSPS) is 9.79. The molecule has 0 aliphatic carbocycles. The van der Waals surface area contributed by atoms with Gasteiger partial charge in [0.1, 0.15) is 0 Å². The molecule has 0 heterocycles. The van der Waals surface area contributed by atoms with Crippen LogP contribution in [0.3, 0.4) is 0 Å². The zero-order chi connectivity index (χ0) is 9.80. The van der Waals surface area contributed by atoms with E-state index in [1.54, 1.807) is 0 Å². The molecular weight excluding hydrogens is 167 g/mol. The van der Waals surface area contributed by atoms with Crippen LogP contribution in [0.5, 0.6) is 0 Å². The fourth-order valence-electron chi connectivity index (χ4n) is 1.40. The molecule has 2 rings (SSSR count). The summed E-state index contributed by atoms with van der Waals surface area (Å²) < 4.78 is 0. The summed E-state index contributed by atoms with van der Waals surface area (Å²) in [5.74, 6) is 0. The second-order valence-electron chi connectivity index (χ2n) is 3.47. The second kappa shape index (κ2) is 4.14. The fraction of sp³-hybridized carbons (Fsp3) is 0.0769. The topological polar surface area (TPSA) is 0 Å². The molecule has 0 nitrogen and oxygen atoms in total. The highest BCUT2D eigenvalue weighted by molar-refractivity contribution is 6.67. The molecular formula is C13H12B. The van der Waals surface area contributed by atoms with Crippen LogP contribution in [0.1, 0.15) is 5.56 Å². The molecule has 0 saturated heterocycles. The standard InChI is InChI=1S/C13H12B/c1-11-7-9-13(10-8-11)14-12-5-3-2-4-6-12/h2-10H,1H3. The molecule has 0 amide bonds. The quantitative estimate of drug-likeness (QED) is 0.615. The summed E-state index contributed by atoms with van der Waals surface area (Å²) in [6.45, 7) is 2.10. The van der Waals surface area contributed by atoms with Crippen LogP contribution >= 0.6 is 0 Å². The molecule has 0 spiro atoms. The molecule has 0 unspecified atom stereocenters. The SMILES string of the molecule is Cc1ccc([B]c2ccccc2)cc1. The lowest BCUT2D eigenvalue weighted by Gasteiger charge is -2.00. The van der Waals surface area contributed by atoms with Gasteiger partial charge in [-0.25, -0.2) is 0 Å². The maximum Gasteiger partial charge on any atom is 0.191 e. The minimum Gasteiger partial charge on any atom is -0.0814 e. The molecule has 0 aromatic heterocycles. The van der Waals surface area contributed by atoms with Crippen LogP contribution in [0.2, 0.25) is 0 Å². The lowest BCUT2D eigenvalue weighted by Crippen LogP contribution is -2.26. The highest BCUT2D eigenvalue weighted by Gasteiger charge is 1.96. The predicted molar refractivity (Wildman–Crippen MR) is 62.6 cm³/mol. The van der Waals surface area contributed by atoms with Gasteiger partial charge in [0.2, 0.25) is 0 Å². The molecule has 0 saturated carbocycles. The number of hydrogen-bond donors (Lipinski definition) is 0. The molecule has 0 fully saturated rings. The monoisotopic (exact) mass is 179 g/mol. The summed E-state index contributed by atoms with van der Waals surface area (Å²) in [4.78, 5) is 0. The molecule has 0 aliphatic rings. The van der Waals surface area contributed by atoms with E-state index in [2.05, 4.69) is 62.7 Å². The van der Waals surface area contributed by atoms with Gasteiger partial charge in [0.05, 0.1) is 0 Å². The van der Waals surface area contributed by atoms with Crippen LogP contribution < -0.4 is 10.9 Å². The third kappa shape index (κ3) is 2.26. The number of rotatable bonds is 2. The van der Waals surface area contributed by atoms with Crippen molar-refractivity contribution in [1.29, 1.82) is 0 Å². The van der Waals surface area contributed by atoms with Crippen LogP contribution in [-0.4, -0.2) is 7.28 Å². The van der Waals surface area contributed by atoms with E-state index < -0.39 is 0 Å². The molecule has 2 aromatic rings. The summed E-state index contributed by atoms with van der Waals surface area (Å²) in [6, 6.07) is 18.9. The molecule has 2 aromatic carbocycles. The Labute approximate surface area is 85.8 Å². The average molecular weight is 179 g/mol. The minimum atomic E-state index is 1.25. The van der Waals surface area contributed by atoms with Crippen LogP contribution in [0.15, 0.2) is 54.6 Å². The molecule has 0 atom stereocenters. The smallest absolute Gasteiger partial charge is 0.0814 e. The van der Waals surface area contributed by atoms with Gasteiger partial charge in [-0.1, -0.05) is 71.1 Å². The Hall–Kier alpha value is -1.50. The maximum atomic E-state index is 2.18. The van der Waals surface area contributed by atoms with Crippen molar-refractivity contribution in [1.82, 2.24) is 0 Å². The van der Waals surface area contributed by atoms with Crippen molar-refractivity contribution < 1.29 is 0 Å². The minimum absolute atomic E-state index is 1.25. The Kier molecular flexibility index (Phi) is 2.69. The molecule has 0 bridgehead atoms. The lowest BCUT2D eigenvalue weighted by atomic mass is 9.64. The van der Waals surface area contributed by atoms with Crippen LogP contribution in [0.25, 0.3) is 0 Å². The van der Waals surface area contributed by atoms with E-state index in [1.807, 2.05) is 6.07 Å². The van der Waals surface area contributed by atoms with Crippen LogP contribution in [0, 0.1) is 6.92 Å². The number of aryl methyl sites for hydroxylation is 1. The highest BCUT2D eigenvalue weighted by Crippen LogP contribution is 1.92. The first-order chi connectivity index (χ1) is 6.84. The van der Waals surface area contributed by atoms with E-state index in [-0.39, 0.29) is 0 Å². The molecule has 1 radical (unpaired) electrons. The van der Waals surface area contributed by atoms with Gasteiger partial charge < -0.3 is 0 Å². The second-order valence-corrected chi connectivity index (χ2v) is 3.47. The summed E-state index contributed by atoms with van der Waals surface area (Å²) in [6.07, 6.45) is 0. The zero-order valence-corrected chi connectivity index (χ0v) is 8.27. The molecule has 0 aliphatic heterocycles. The third-order valence-corrected chi connectivity index (χ3v) is 2.21. The predicted octanol–water partition coefficient (Wildman–Crippen LogP) is 1.65. The highest BCUT2D eigenvalue weighted by atomic mass is 13.9. The molecule has 14 heavy (non-hydrogen) atoms. The summed E-state index contributed by atoms with van der Waals surface area (Å²) in [7, 11) is 2.18. The van der Waals surface area contributed by atoms with Gasteiger partial charge in [-0.15, -0.1) is 0 Å². The Morgan fingerprint density at radius 1 is 0.714 bits per heavy atom. The Morgan fingerprint density at radius 2 is 1.29 bits per heavy atom. The number of benzene rings is 2. The van der Waals surface area contributed by atoms with Crippen LogP contribution in [0.4, 0.5) is 0 Å². The Bertz CT molecular complexity index is 389. The summed E-state index contributed by atoms with van der Waals surface area (Å²) in [5.41, 5.74) is 3.80. The largest absolute Gasteiger partial charge is 0.191 e. The zero-order valence-electron chi connectivity index (χ0n) is 8.27. The molecule has 0 N–H and O–H groups in total. The van der Waals surface area contributed by atoms with Crippen molar-refractivity contribution in [3.05, 3.63) is 60.2 Å². The van der Waals surface area contributed by atoms with E-state index in [1.165, 1.54) is 16.5 Å². The van der Waals surface area contributed by atoms with Crippen LogP contribution in [-0.2, 0) is 0 Å². The molecule has 67 valence electrons. The van der Waals surface area contributed by atoms with E-state index in [0.29, 0.717) is 0 Å². The van der Waals surface area contributed by atoms with E-state index >= 15 is 0 Å². The van der Waals surface area contributed by atoms with Crippen molar-refractivity contribution in [2.24, 2.45) is 0 Å². The van der Waals surface area contributed by atoms with E-state index in [4.69, 9.17) is 0 Å². The third-order valence-electron chi connectivity index (χ3n) is 2.21. The maximum absolute atomic E-state index is 2.18. The van der Waals surface area contributed by atoms with Gasteiger partial charge in [-0.05, 0) is 6.92 Å². The van der Waals surface area contributed by atoms with Crippen molar-refractivity contribution >= 4 is 18.2 Å². The van der Waals surface area contributed by atoms with E-state index in [0.717, 1.165) is 0 Å². The van der Waals surface area contributed by atoms with Gasteiger partial charge in [0.15, 0.2) is 7.28 Å². The van der Waals surface area contributed by atoms with Gasteiger partial charge in [-0.2, -0.15) is 0 Å². The first kappa shape index (κ1) is 9.08. The van der Waals surface area contributed by atoms with Crippen molar-refractivity contribution in [2.75, 3.05) is 0 Å².